The Kier molecular flexibility index (Phi) is 6.62. The summed E-state index contributed by atoms with van der Waals surface area (Å²) in [5.74, 6) is 1.19. The van der Waals surface area contributed by atoms with Crippen molar-refractivity contribution in [1.29, 1.82) is 0 Å². The van der Waals surface area contributed by atoms with Gasteiger partial charge < -0.3 is 4.13 Å². The summed E-state index contributed by atoms with van der Waals surface area (Å²) in [4.78, 5) is 0. The molecule has 0 saturated heterocycles. The molecule has 0 spiro atoms. The summed E-state index contributed by atoms with van der Waals surface area (Å²) in [6.07, 6.45) is 5.76. The number of aromatic nitrogens is 2. The van der Waals surface area contributed by atoms with E-state index in [0.29, 0.717) is 0 Å². The minimum absolute atomic E-state index is 0.778. The smallest absolute Gasteiger partial charge is 0.421 e. The molecule has 140 valence electrons. The van der Waals surface area contributed by atoms with Crippen molar-refractivity contribution < 1.29 is 47.7 Å². The molecule has 15 heteroatoms. The standard InChI is InChI=1S/C7H11N2.C2F6NO4S2/c1-4-9-6-5-8(3)7(9)2;3-1(4,5)14(10,11)9-15(12,13)2(6,7)8/h4-6H,1H2,2-3H3;/q+1;-1. The van der Waals surface area contributed by atoms with E-state index in [1.165, 1.54) is 5.82 Å². The van der Waals surface area contributed by atoms with Gasteiger partial charge in [-0.1, -0.05) is 6.58 Å². The Morgan fingerprint density at radius 1 is 1.08 bits per heavy atom. The Balaban J connectivity index is 0.000000496. The van der Waals surface area contributed by atoms with E-state index >= 15 is 0 Å². The summed E-state index contributed by atoms with van der Waals surface area (Å²) in [7, 11) is -11.4. The Bertz CT molecular complexity index is 750. The summed E-state index contributed by atoms with van der Waals surface area (Å²) in [6, 6.07) is 0. The van der Waals surface area contributed by atoms with Crippen LogP contribution in [0.1, 0.15) is 5.82 Å². The fourth-order valence-electron chi connectivity index (χ4n) is 0.976. The molecule has 0 saturated carbocycles. The molecule has 0 bridgehead atoms. The summed E-state index contributed by atoms with van der Waals surface area (Å²) >= 11 is 0. The van der Waals surface area contributed by atoms with E-state index in [0.717, 1.165) is 4.13 Å². The predicted molar refractivity (Wildman–Crippen MR) is 70.0 cm³/mol. The van der Waals surface area contributed by atoms with Gasteiger partial charge in [0.25, 0.3) is 5.82 Å². The molecule has 1 heterocycles. The highest BCUT2D eigenvalue weighted by molar-refractivity contribution is 8.13. The Morgan fingerprint density at radius 2 is 1.46 bits per heavy atom. The first-order valence-electron chi connectivity index (χ1n) is 5.48. The second-order valence-corrected chi connectivity index (χ2v) is 7.38. The number of alkyl halides is 6. The highest BCUT2D eigenvalue weighted by Gasteiger charge is 2.46. The van der Waals surface area contributed by atoms with E-state index in [1.54, 1.807) is 6.20 Å². The maximum Gasteiger partial charge on any atom is 0.480 e. The maximum atomic E-state index is 11.4. The molecule has 0 amide bonds. The van der Waals surface area contributed by atoms with Crippen molar-refractivity contribution in [2.75, 3.05) is 0 Å². The largest absolute Gasteiger partial charge is 0.480 e. The van der Waals surface area contributed by atoms with E-state index in [2.05, 4.69) is 6.58 Å². The molecule has 0 fully saturated rings. The number of halogens is 6. The predicted octanol–water partition coefficient (Wildman–Crippen LogP) is 1.78. The maximum absolute atomic E-state index is 11.4. The zero-order valence-electron chi connectivity index (χ0n) is 12.0. The molecule has 24 heavy (non-hydrogen) atoms. The van der Waals surface area contributed by atoms with Crippen molar-refractivity contribution in [3.8, 4) is 0 Å². The zero-order valence-corrected chi connectivity index (χ0v) is 13.6. The van der Waals surface area contributed by atoms with Crippen molar-refractivity contribution in [2.45, 2.75) is 17.9 Å². The van der Waals surface area contributed by atoms with E-state index in [1.807, 2.05) is 35.5 Å². The number of aryl methyl sites for hydroxylation is 1. The van der Waals surface area contributed by atoms with Crippen molar-refractivity contribution >= 4 is 26.2 Å². The molecular weight excluding hydrogens is 392 g/mol. The first-order chi connectivity index (χ1) is 10.5. The first-order valence-corrected chi connectivity index (χ1v) is 8.36. The molecule has 0 radical (unpaired) electrons. The minimum Gasteiger partial charge on any atom is -0.421 e. The monoisotopic (exact) mass is 403 g/mol. The minimum atomic E-state index is -6.72. The van der Waals surface area contributed by atoms with E-state index in [9.17, 15) is 43.2 Å². The van der Waals surface area contributed by atoms with Crippen LogP contribution in [0.3, 0.4) is 0 Å². The van der Waals surface area contributed by atoms with Gasteiger partial charge in [-0.2, -0.15) is 26.3 Å². The molecule has 1 rings (SSSR count). The number of hydrogen-bond donors (Lipinski definition) is 0. The Morgan fingerprint density at radius 3 is 1.62 bits per heavy atom. The summed E-state index contributed by atoms with van der Waals surface area (Å²) in [5.41, 5.74) is -12.4. The van der Waals surface area contributed by atoms with Crippen LogP contribution < -0.4 is 4.57 Å². The zero-order chi connectivity index (χ0) is 19.6. The number of imidazole rings is 1. The molecule has 0 aliphatic carbocycles. The number of nitrogens with zero attached hydrogens (tertiary/aromatic N) is 3. The van der Waals surface area contributed by atoms with E-state index < -0.39 is 31.1 Å². The molecular formula is C9H11F6N3O4S2. The lowest BCUT2D eigenvalue weighted by Crippen LogP contribution is -2.30. The molecule has 0 aliphatic rings. The molecule has 0 N–H and O–H groups in total. The Labute approximate surface area is 133 Å². The van der Waals surface area contributed by atoms with Gasteiger partial charge in [0.2, 0.25) is 0 Å². The third kappa shape index (κ3) is 5.48. The second kappa shape index (κ2) is 7.10. The van der Waals surface area contributed by atoms with Gasteiger partial charge in [-0.05, 0) is 0 Å². The van der Waals surface area contributed by atoms with Crippen LogP contribution in [0.25, 0.3) is 10.3 Å². The van der Waals surface area contributed by atoms with Gasteiger partial charge in [0.15, 0.2) is 20.0 Å². The van der Waals surface area contributed by atoms with Crippen LogP contribution in [0.15, 0.2) is 19.0 Å². The lowest BCUT2D eigenvalue weighted by molar-refractivity contribution is -0.676. The number of hydrogen-bond acceptors (Lipinski definition) is 4. The SMILES string of the molecule is C=Cn1cc[n+](C)c1C.O=S(=O)([N-]S(=O)(=O)C(F)(F)F)C(F)(F)F. The van der Waals surface area contributed by atoms with Crippen LogP contribution in [0.5, 0.6) is 0 Å². The third-order valence-corrected chi connectivity index (χ3v) is 5.05. The molecule has 7 nitrogen and oxygen atoms in total. The third-order valence-electron chi connectivity index (χ3n) is 2.31. The molecule has 0 atom stereocenters. The van der Waals surface area contributed by atoms with Gasteiger partial charge in [-0.3, -0.25) is 0 Å². The van der Waals surface area contributed by atoms with Crippen LogP contribution in [-0.4, -0.2) is 32.4 Å². The molecule has 1 aromatic rings. The van der Waals surface area contributed by atoms with Crippen LogP contribution in [-0.2, 0) is 27.1 Å². The molecule has 0 unspecified atom stereocenters. The normalized spacial score (nSPS) is 13.2. The fraction of sp³-hybridized carbons (Fsp3) is 0.444. The molecule has 0 aliphatic heterocycles. The number of rotatable bonds is 3. The average molecular weight is 403 g/mol. The van der Waals surface area contributed by atoms with Gasteiger partial charge in [-0.15, -0.1) is 0 Å². The Hall–Kier alpha value is -1.61. The van der Waals surface area contributed by atoms with Crippen molar-refractivity contribution in [3.63, 3.8) is 0 Å². The quantitative estimate of drug-likeness (QED) is 0.568. The van der Waals surface area contributed by atoms with Gasteiger partial charge in [-0.25, -0.2) is 26.0 Å². The number of sulfonamides is 2. The lowest BCUT2D eigenvalue weighted by Gasteiger charge is -2.22. The molecule has 1 aromatic heterocycles. The van der Waals surface area contributed by atoms with Crippen LogP contribution in [0.2, 0.25) is 0 Å². The molecule has 0 aromatic carbocycles. The summed E-state index contributed by atoms with van der Waals surface area (Å²) in [6.45, 7) is 5.70. The summed E-state index contributed by atoms with van der Waals surface area (Å²) < 4.78 is 113. The van der Waals surface area contributed by atoms with Crippen LogP contribution >= 0.6 is 0 Å². The van der Waals surface area contributed by atoms with Gasteiger partial charge in [0.1, 0.15) is 12.4 Å². The second-order valence-electron chi connectivity index (χ2n) is 3.96. The highest BCUT2D eigenvalue weighted by Crippen LogP contribution is 2.36. The lowest BCUT2D eigenvalue weighted by atomic mass is 10.7. The van der Waals surface area contributed by atoms with Crippen molar-refractivity contribution in [1.82, 2.24) is 4.57 Å². The van der Waals surface area contributed by atoms with Crippen molar-refractivity contribution in [3.05, 3.63) is 28.9 Å². The average Bonchev–Trinajstić information content (AvgIpc) is 2.66. The van der Waals surface area contributed by atoms with Crippen molar-refractivity contribution in [2.24, 2.45) is 7.05 Å². The topological polar surface area (TPSA) is 91.2 Å². The van der Waals surface area contributed by atoms with Gasteiger partial charge in [0, 0.05) is 6.92 Å². The van der Waals surface area contributed by atoms with Crippen LogP contribution in [0.4, 0.5) is 26.3 Å². The summed E-state index contributed by atoms with van der Waals surface area (Å²) in [5, 5.41) is 0. The van der Waals surface area contributed by atoms with Gasteiger partial charge >= 0.3 is 11.0 Å². The highest BCUT2D eigenvalue weighted by atomic mass is 32.3. The van der Waals surface area contributed by atoms with Gasteiger partial charge in [0.05, 0.1) is 13.2 Å². The van der Waals surface area contributed by atoms with E-state index in [4.69, 9.17) is 0 Å². The van der Waals surface area contributed by atoms with Crippen LogP contribution in [0, 0.1) is 6.92 Å². The van der Waals surface area contributed by atoms with E-state index in [-0.39, 0.29) is 0 Å². The first kappa shape index (κ1) is 22.4. The fourth-order valence-corrected chi connectivity index (χ4v) is 2.69.